The topological polar surface area (TPSA) is 79.2 Å². The Bertz CT molecular complexity index is 138. The van der Waals surface area contributed by atoms with Gasteiger partial charge in [0.05, 0.1) is 13.2 Å². The van der Waals surface area contributed by atoms with Crippen LogP contribution in [0.5, 0.6) is 0 Å². The van der Waals surface area contributed by atoms with E-state index in [9.17, 15) is 5.11 Å². The van der Waals surface area contributed by atoms with Crippen molar-refractivity contribution in [3.8, 4) is 0 Å². The van der Waals surface area contributed by atoms with Gasteiger partial charge in [0.15, 0.2) is 0 Å². The fraction of sp³-hybridized carbons (Fsp3) is 1.00. The Balaban J connectivity index is 2.58. The zero-order chi connectivity index (χ0) is 9.14. The van der Waals surface area contributed by atoms with Gasteiger partial charge in [-0.25, -0.2) is 0 Å². The van der Waals surface area contributed by atoms with E-state index in [0.29, 0.717) is 0 Å². The highest BCUT2D eigenvalue weighted by atomic mass is 16.6. The second-order valence-corrected chi connectivity index (χ2v) is 2.81. The van der Waals surface area contributed by atoms with Gasteiger partial charge in [0, 0.05) is 7.11 Å². The molecule has 1 fully saturated rings. The van der Waals surface area contributed by atoms with Crippen LogP contribution < -0.4 is 0 Å². The van der Waals surface area contributed by atoms with Crippen molar-refractivity contribution in [2.45, 2.75) is 24.4 Å². The Hall–Kier alpha value is -0.200. The first kappa shape index (κ1) is 9.88. The Kier molecular flexibility index (Phi) is 3.42. The van der Waals surface area contributed by atoms with Gasteiger partial charge in [-0.15, -0.1) is 0 Å². The van der Waals surface area contributed by atoms with Gasteiger partial charge in [0.25, 0.3) is 0 Å². The Morgan fingerprint density at radius 2 is 2.17 bits per heavy atom. The largest absolute Gasteiger partial charge is 0.394 e. The molecule has 0 bridgehead atoms. The highest BCUT2D eigenvalue weighted by Crippen LogP contribution is 2.17. The second kappa shape index (κ2) is 4.15. The molecule has 0 amide bonds. The molecule has 0 spiro atoms. The summed E-state index contributed by atoms with van der Waals surface area (Å²) in [6, 6.07) is 0. The molecule has 5 nitrogen and oxygen atoms in total. The number of aliphatic hydroxyl groups is 3. The minimum Gasteiger partial charge on any atom is -0.394 e. The van der Waals surface area contributed by atoms with Gasteiger partial charge in [-0.05, 0) is 0 Å². The van der Waals surface area contributed by atoms with E-state index in [1.165, 1.54) is 7.11 Å². The lowest BCUT2D eigenvalue weighted by Gasteiger charge is -2.36. The van der Waals surface area contributed by atoms with E-state index >= 15 is 0 Å². The lowest BCUT2D eigenvalue weighted by atomic mass is 10.0. The molecule has 1 heterocycles. The molecule has 1 aliphatic rings. The Morgan fingerprint density at radius 1 is 1.50 bits per heavy atom. The number of ether oxygens (including phenoxy) is 2. The quantitative estimate of drug-likeness (QED) is 0.461. The Morgan fingerprint density at radius 3 is 2.67 bits per heavy atom. The highest BCUT2D eigenvalue weighted by molar-refractivity contribution is 4.87. The summed E-state index contributed by atoms with van der Waals surface area (Å²) >= 11 is 0. The lowest BCUT2D eigenvalue weighted by Crippen LogP contribution is -2.54. The van der Waals surface area contributed by atoms with Crippen LogP contribution in [0.4, 0.5) is 0 Å². The summed E-state index contributed by atoms with van der Waals surface area (Å²) in [5, 5.41) is 27.3. The van der Waals surface area contributed by atoms with Crippen LogP contribution in [0.1, 0.15) is 0 Å². The van der Waals surface area contributed by atoms with Crippen molar-refractivity contribution >= 4 is 0 Å². The van der Waals surface area contributed by atoms with Crippen LogP contribution >= 0.6 is 0 Å². The van der Waals surface area contributed by atoms with Crippen LogP contribution in [0.25, 0.3) is 0 Å². The van der Waals surface area contributed by atoms with E-state index < -0.39 is 24.4 Å². The molecule has 1 saturated heterocycles. The summed E-state index contributed by atoms with van der Waals surface area (Å²) in [6.07, 6.45) is -3.12. The van der Waals surface area contributed by atoms with Gasteiger partial charge >= 0.3 is 0 Å². The molecule has 0 aliphatic carbocycles. The predicted octanol–water partition coefficient (Wildman–Crippen LogP) is -1.89. The standard InChI is InChI=1S/C7H14O5/c1-11-7-5(2-8)12-3-4(9)6(7)10/h4-10H,2-3H2,1H3/t4-,5?,6?,7-/m1/s1. The maximum atomic E-state index is 9.37. The predicted molar refractivity (Wildman–Crippen MR) is 39.6 cm³/mol. The number of aliphatic hydroxyl groups excluding tert-OH is 3. The molecule has 12 heavy (non-hydrogen) atoms. The van der Waals surface area contributed by atoms with Crippen molar-refractivity contribution in [2.24, 2.45) is 0 Å². The third-order valence-electron chi connectivity index (χ3n) is 2.03. The fourth-order valence-corrected chi connectivity index (χ4v) is 1.30. The van der Waals surface area contributed by atoms with Gasteiger partial charge in [-0.2, -0.15) is 0 Å². The molecule has 72 valence electrons. The van der Waals surface area contributed by atoms with E-state index in [2.05, 4.69) is 0 Å². The molecule has 4 atom stereocenters. The second-order valence-electron chi connectivity index (χ2n) is 2.81. The van der Waals surface area contributed by atoms with Crippen LogP contribution in [0.15, 0.2) is 0 Å². The average Bonchev–Trinajstić information content (AvgIpc) is 2.09. The maximum absolute atomic E-state index is 9.37. The summed E-state index contributed by atoms with van der Waals surface area (Å²) in [6.45, 7) is -0.186. The molecule has 0 radical (unpaired) electrons. The maximum Gasteiger partial charge on any atom is 0.114 e. The van der Waals surface area contributed by atoms with Crippen LogP contribution in [0.3, 0.4) is 0 Å². The zero-order valence-electron chi connectivity index (χ0n) is 6.88. The van der Waals surface area contributed by atoms with Crippen LogP contribution in [0, 0.1) is 0 Å². The highest BCUT2D eigenvalue weighted by Gasteiger charge is 2.38. The summed E-state index contributed by atoms with van der Waals surface area (Å²) in [5.41, 5.74) is 0. The van der Waals surface area contributed by atoms with E-state index in [1.54, 1.807) is 0 Å². The zero-order valence-corrected chi connectivity index (χ0v) is 6.88. The molecule has 5 heteroatoms. The summed E-state index contributed by atoms with van der Waals surface area (Å²) in [5.74, 6) is 0. The van der Waals surface area contributed by atoms with Crippen molar-refractivity contribution in [3.63, 3.8) is 0 Å². The lowest BCUT2D eigenvalue weighted by molar-refractivity contribution is -0.203. The Labute approximate surface area is 70.5 Å². The van der Waals surface area contributed by atoms with Gasteiger partial charge in [0.1, 0.15) is 24.4 Å². The number of hydrogen-bond donors (Lipinski definition) is 3. The van der Waals surface area contributed by atoms with E-state index in [1.807, 2.05) is 0 Å². The van der Waals surface area contributed by atoms with Crippen molar-refractivity contribution < 1.29 is 24.8 Å². The van der Waals surface area contributed by atoms with E-state index in [4.69, 9.17) is 19.7 Å². The van der Waals surface area contributed by atoms with Gasteiger partial charge in [-0.1, -0.05) is 0 Å². The van der Waals surface area contributed by atoms with E-state index in [-0.39, 0.29) is 13.2 Å². The van der Waals surface area contributed by atoms with E-state index in [0.717, 1.165) is 0 Å². The van der Waals surface area contributed by atoms with Gasteiger partial charge in [-0.3, -0.25) is 0 Å². The molecule has 0 aromatic carbocycles. The molecular weight excluding hydrogens is 164 g/mol. The number of methoxy groups -OCH3 is 1. The SMILES string of the molecule is CO[C@@H]1C(CO)OC[C@@H](O)C1O. The van der Waals surface area contributed by atoms with Crippen molar-refractivity contribution in [1.29, 1.82) is 0 Å². The third-order valence-corrected chi connectivity index (χ3v) is 2.03. The average molecular weight is 178 g/mol. The monoisotopic (exact) mass is 178 g/mol. The van der Waals surface area contributed by atoms with Crippen molar-refractivity contribution in [2.75, 3.05) is 20.3 Å². The van der Waals surface area contributed by atoms with Gasteiger partial charge < -0.3 is 24.8 Å². The van der Waals surface area contributed by atoms with Crippen molar-refractivity contribution in [1.82, 2.24) is 0 Å². The van der Waals surface area contributed by atoms with Crippen molar-refractivity contribution in [3.05, 3.63) is 0 Å². The third kappa shape index (κ3) is 1.75. The smallest absolute Gasteiger partial charge is 0.114 e. The first-order chi connectivity index (χ1) is 5.70. The summed E-state index contributed by atoms with van der Waals surface area (Å²) in [4.78, 5) is 0. The fourth-order valence-electron chi connectivity index (χ4n) is 1.30. The minimum atomic E-state index is -0.985. The molecule has 1 rings (SSSR count). The molecule has 0 aromatic rings. The minimum absolute atomic E-state index is 0.0340. The molecule has 1 aliphatic heterocycles. The summed E-state index contributed by atoms with van der Waals surface area (Å²) < 4.78 is 9.91. The molecule has 0 saturated carbocycles. The molecular formula is C7H14O5. The van der Waals surface area contributed by atoms with Crippen LogP contribution in [-0.4, -0.2) is 60.1 Å². The van der Waals surface area contributed by atoms with Gasteiger partial charge in [0.2, 0.25) is 0 Å². The summed E-state index contributed by atoms with van der Waals surface area (Å²) in [7, 11) is 1.40. The van der Waals surface area contributed by atoms with Crippen LogP contribution in [0.2, 0.25) is 0 Å². The van der Waals surface area contributed by atoms with Crippen LogP contribution in [-0.2, 0) is 9.47 Å². The number of hydrogen-bond acceptors (Lipinski definition) is 5. The normalized spacial score (nSPS) is 43.0. The first-order valence-electron chi connectivity index (χ1n) is 3.82. The number of rotatable bonds is 2. The molecule has 0 aromatic heterocycles. The first-order valence-corrected chi connectivity index (χ1v) is 3.82. The molecule has 3 N–H and O–H groups in total. The molecule has 2 unspecified atom stereocenters.